The van der Waals surface area contributed by atoms with Crippen LogP contribution in [0.25, 0.3) is 0 Å². The van der Waals surface area contributed by atoms with Crippen molar-refractivity contribution in [1.82, 2.24) is 15.1 Å². The highest BCUT2D eigenvalue weighted by molar-refractivity contribution is 6.03. The number of carbonyl (C=O) groups excluding carboxylic acids is 1. The fraction of sp³-hybridized carbons (Fsp3) is 0.429. The van der Waals surface area contributed by atoms with Crippen molar-refractivity contribution in [3.63, 3.8) is 0 Å². The van der Waals surface area contributed by atoms with Crippen LogP contribution in [-0.2, 0) is 19.4 Å². The van der Waals surface area contributed by atoms with Crippen molar-refractivity contribution in [2.24, 2.45) is 5.41 Å². The molecule has 0 unspecified atom stereocenters. The van der Waals surface area contributed by atoms with Crippen molar-refractivity contribution in [2.75, 3.05) is 32.6 Å². The topological polar surface area (TPSA) is 79.5 Å². The molecule has 0 spiro atoms. The molecule has 1 saturated heterocycles. The summed E-state index contributed by atoms with van der Waals surface area (Å²) in [5.74, 6) is 1.89. The third kappa shape index (κ3) is 6.85. The first-order chi connectivity index (χ1) is 16.8. The number of H-pyrrole nitrogens is 1. The number of anilines is 1. The van der Waals surface area contributed by atoms with Crippen molar-refractivity contribution in [3.05, 3.63) is 70.9 Å². The van der Waals surface area contributed by atoms with E-state index in [0.717, 1.165) is 55.2 Å². The Labute approximate surface area is 207 Å². The Morgan fingerprint density at radius 3 is 2.40 bits per heavy atom. The van der Waals surface area contributed by atoms with Crippen LogP contribution in [0.3, 0.4) is 0 Å². The zero-order chi connectivity index (χ0) is 24.8. The SMILES string of the molecule is COc1cc(CCc2cc(NC(=O)c3ccc(CN4CCCC(C)(C)C4)cc3)n[nH]2)cc(OC)c1. The summed E-state index contributed by atoms with van der Waals surface area (Å²) in [6, 6.07) is 15.6. The van der Waals surface area contributed by atoms with Gasteiger partial charge >= 0.3 is 0 Å². The Hall–Kier alpha value is -3.32. The summed E-state index contributed by atoms with van der Waals surface area (Å²) in [4.78, 5) is 15.2. The number of carbonyl (C=O) groups is 1. The van der Waals surface area contributed by atoms with Gasteiger partial charge in [0, 0.05) is 36.5 Å². The minimum atomic E-state index is -0.161. The molecule has 0 atom stereocenters. The average molecular weight is 477 g/mol. The second-order valence-corrected chi connectivity index (χ2v) is 10.1. The summed E-state index contributed by atoms with van der Waals surface area (Å²) in [5, 5.41) is 10.2. The molecule has 7 nitrogen and oxygen atoms in total. The van der Waals surface area contributed by atoms with Gasteiger partial charge in [0.05, 0.1) is 14.2 Å². The molecule has 1 aliphatic rings. The Balaban J connectivity index is 1.30. The van der Waals surface area contributed by atoms with E-state index >= 15 is 0 Å². The molecule has 0 aliphatic carbocycles. The summed E-state index contributed by atoms with van der Waals surface area (Å²) in [6.07, 6.45) is 4.07. The zero-order valence-electron chi connectivity index (χ0n) is 21.2. The van der Waals surface area contributed by atoms with Gasteiger partial charge in [0.25, 0.3) is 5.91 Å². The molecule has 2 N–H and O–H groups in total. The lowest BCUT2D eigenvalue weighted by Gasteiger charge is -2.38. The number of methoxy groups -OCH3 is 2. The van der Waals surface area contributed by atoms with Crippen molar-refractivity contribution in [1.29, 1.82) is 0 Å². The van der Waals surface area contributed by atoms with Gasteiger partial charge in [0.2, 0.25) is 0 Å². The Morgan fingerprint density at radius 1 is 1.03 bits per heavy atom. The second-order valence-electron chi connectivity index (χ2n) is 10.1. The molecule has 0 bridgehead atoms. The number of amides is 1. The summed E-state index contributed by atoms with van der Waals surface area (Å²) >= 11 is 0. The van der Waals surface area contributed by atoms with E-state index in [1.54, 1.807) is 14.2 Å². The van der Waals surface area contributed by atoms with Crippen LogP contribution >= 0.6 is 0 Å². The molecular formula is C28H36N4O3. The first-order valence-corrected chi connectivity index (χ1v) is 12.2. The molecule has 1 aliphatic heterocycles. The number of hydrogen-bond acceptors (Lipinski definition) is 5. The summed E-state index contributed by atoms with van der Waals surface area (Å²) in [5.41, 5.74) is 4.29. The fourth-order valence-electron chi connectivity index (χ4n) is 4.73. The number of rotatable bonds is 9. The maximum absolute atomic E-state index is 12.7. The highest BCUT2D eigenvalue weighted by atomic mass is 16.5. The molecule has 1 aromatic heterocycles. The van der Waals surface area contributed by atoms with Crippen molar-refractivity contribution in [2.45, 2.75) is 46.1 Å². The lowest BCUT2D eigenvalue weighted by Crippen LogP contribution is -2.39. The van der Waals surface area contributed by atoms with E-state index in [4.69, 9.17) is 9.47 Å². The molecule has 0 radical (unpaired) electrons. The molecule has 7 heteroatoms. The lowest BCUT2D eigenvalue weighted by atomic mass is 9.84. The first-order valence-electron chi connectivity index (χ1n) is 12.2. The first kappa shape index (κ1) is 24.8. The summed E-state index contributed by atoms with van der Waals surface area (Å²) in [6.45, 7) is 7.85. The number of aryl methyl sites for hydroxylation is 2. The molecule has 35 heavy (non-hydrogen) atoms. The van der Waals surface area contributed by atoms with Gasteiger partial charge in [-0.3, -0.25) is 14.8 Å². The largest absolute Gasteiger partial charge is 0.497 e. The number of benzene rings is 2. The minimum Gasteiger partial charge on any atom is -0.497 e. The van der Waals surface area contributed by atoms with Gasteiger partial charge in [0.1, 0.15) is 11.5 Å². The van der Waals surface area contributed by atoms with Crippen LogP contribution in [0.1, 0.15) is 53.9 Å². The number of nitrogens with zero attached hydrogens (tertiary/aromatic N) is 2. The van der Waals surface area contributed by atoms with E-state index in [1.165, 1.54) is 18.4 Å². The zero-order valence-corrected chi connectivity index (χ0v) is 21.2. The highest BCUT2D eigenvalue weighted by Gasteiger charge is 2.26. The summed E-state index contributed by atoms with van der Waals surface area (Å²) in [7, 11) is 3.29. The maximum Gasteiger partial charge on any atom is 0.256 e. The molecule has 2 heterocycles. The van der Waals surface area contributed by atoms with Crippen molar-refractivity contribution < 1.29 is 14.3 Å². The van der Waals surface area contributed by atoms with E-state index in [-0.39, 0.29) is 5.91 Å². The van der Waals surface area contributed by atoms with E-state index in [9.17, 15) is 4.79 Å². The van der Waals surface area contributed by atoms with Crippen LogP contribution in [0.5, 0.6) is 11.5 Å². The summed E-state index contributed by atoms with van der Waals surface area (Å²) < 4.78 is 10.7. The Bertz CT molecular complexity index is 1120. The predicted octanol–water partition coefficient (Wildman–Crippen LogP) is 5.09. The van der Waals surface area contributed by atoms with Crippen LogP contribution < -0.4 is 14.8 Å². The van der Waals surface area contributed by atoms with E-state index < -0.39 is 0 Å². The molecule has 3 aromatic rings. The number of likely N-dealkylation sites (tertiary alicyclic amines) is 1. The highest BCUT2D eigenvalue weighted by Crippen LogP contribution is 2.29. The number of aromatic amines is 1. The van der Waals surface area contributed by atoms with E-state index in [1.807, 2.05) is 36.4 Å². The van der Waals surface area contributed by atoms with Gasteiger partial charge in [-0.15, -0.1) is 0 Å². The number of aromatic nitrogens is 2. The second kappa shape index (κ2) is 11.0. The van der Waals surface area contributed by atoms with Gasteiger partial charge in [-0.1, -0.05) is 26.0 Å². The predicted molar refractivity (Wildman–Crippen MR) is 138 cm³/mol. The Kier molecular flexibility index (Phi) is 7.76. The molecule has 4 rings (SSSR count). The maximum atomic E-state index is 12.7. The quantitative estimate of drug-likeness (QED) is 0.450. The Morgan fingerprint density at radius 2 is 1.74 bits per heavy atom. The van der Waals surface area contributed by atoms with Crippen molar-refractivity contribution >= 4 is 11.7 Å². The van der Waals surface area contributed by atoms with Gasteiger partial charge < -0.3 is 14.8 Å². The third-order valence-electron chi connectivity index (χ3n) is 6.57. The van der Waals surface area contributed by atoms with Gasteiger partial charge in [0.15, 0.2) is 5.82 Å². The van der Waals surface area contributed by atoms with Crippen LogP contribution in [0.4, 0.5) is 5.82 Å². The number of nitrogens with one attached hydrogen (secondary N) is 2. The monoisotopic (exact) mass is 476 g/mol. The van der Waals surface area contributed by atoms with Crippen LogP contribution in [0.2, 0.25) is 0 Å². The van der Waals surface area contributed by atoms with Gasteiger partial charge in [-0.2, -0.15) is 5.10 Å². The third-order valence-corrected chi connectivity index (χ3v) is 6.57. The fourth-order valence-corrected chi connectivity index (χ4v) is 4.73. The molecular weight excluding hydrogens is 440 g/mol. The molecule has 1 amide bonds. The van der Waals surface area contributed by atoms with Gasteiger partial charge in [-0.05, 0) is 73.0 Å². The van der Waals surface area contributed by atoms with Crippen LogP contribution in [-0.4, -0.2) is 48.3 Å². The van der Waals surface area contributed by atoms with E-state index in [0.29, 0.717) is 16.8 Å². The number of piperidine rings is 1. The smallest absolute Gasteiger partial charge is 0.256 e. The average Bonchev–Trinajstić information content (AvgIpc) is 3.29. The van der Waals surface area contributed by atoms with Crippen molar-refractivity contribution in [3.8, 4) is 11.5 Å². The number of hydrogen-bond donors (Lipinski definition) is 2. The van der Waals surface area contributed by atoms with E-state index in [2.05, 4.69) is 46.4 Å². The number of ether oxygens (including phenoxy) is 2. The van der Waals surface area contributed by atoms with Gasteiger partial charge in [-0.25, -0.2) is 0 Å². The lowest BCUT2D eigenvalue weighted by molar-refractivity contribution is 0.102. The van der Waals surface area contributed by atoms with Crippen LogP contribution in [0.15, 0.2) is 48.5 Å². The molecule has 0 saturated carbocycles. The standard InChI is InChI=1S/C28H36N4O3/c1-28(2)12-5-13-32(19-28)18-20-6-9-22(10-7-20)27(33)29-26-16-23(30-31-26)11-8-21-14-24(34-3)17-25(15-21)35-4/h6-7,9-10,14-17H,5,8,11-13,18-19H2,1-4H3,(H2,29,30,31,33). The molecule has 186 valence electrons. The normalized spacial score (nSPS) is 15.5. The van der Waals surface area contributed by atoms with Crippen LogP contribution in [0, 0.1) is 5.41 Å². The molecule has 2 aromatic carbocycles. The molecule has 1 fully saturated rings. The minimum absolute atomic E-state index is 0.161.